The molecule has 0 aliphatic carbocycles. The van der Waals surface area contributed by atoms with Crippen molar-refractivity contribution in [3.05, 3.63) is 58.0 Å². The van der Waals surface area contributed by atoms with Crippen LogP contribution in [-0.4, -0.2) is 48.3 Å². The summed E-state index contributed by atoms with van der Waals surface area (Å²) in [5, 5.41) is 14.3. The van der Waals surface area contributed by atoms with Crippen molar-refractivity contribution >= 4 is 23.2 Å². The van der Waals surface area contributed by atoms with Crippen LogP contribution in [0, 0.1) is 16.0 Å². The Labute approximate surface area is 174 Å². The molecule has 1 N–H and O–H groups in total. The number of likely N-dealkylation sites (N-methyl/N-ethyl adjacent to an activating group) is 1. The Hall–Kier alpha value is -3.36. The standard InChI is InChI=1S/C21H26N4O5/c1-15-5-3-9-24(13-15)18-8-7-16(11-19(18)25(28)29)21(27)23(2)14-20(26)22-12-17-6-4-10-30-17/h4,6-8,10-11,15H,3,5,9,12-14H2,1-2H3,(H,22,26). The topological polar surface area (TPSA) is 109 Å². The van der Waals surface area contributed by atoms with Gasteiger partial charge in [-0.3, -0.25) is 19.7 Å². The van der Waals surface area contributed by atoms with Gasteiger partial charge < -0.3 is 19.5 Å². The Balaban J connectivity index is 1.67. The second-order valence-corrected chi connectivity index (χ2v) is 7.67. The van der Waals surface area contributed by atoms with Crippen molar-refractivity contribution in [2.75, 3.05) is 31.6 Å². The minimum Gasteiger partial charge on any atom is -0.467 e. The third kappa shape index (κ3) is 5.16. The van der Waals surface area contributed by atoms with Crippen LogP contribution in [0.25, 0.3) is 0 Å². The molecule has 3 rings (SSSR count). The van der Waals surface area contributed by atoms with Gasteiger partial charge in [-0.25, -0.2) is 0 Å². The van der Waals surface area contributed by atoms with Gasteiger partial charge in [-0.1, -0.05) is 6.92 Å². The van der Waals surface area contributed by atoms with Crippen molar-refractivity contribution in [3.8, 4) is 0 Å². The number of piperidine rings is 1. The van der Waals surface area contributed by atoms with Crippen LogP contribution >= 0.6 is 0 Å². The normalized spacial score (nSPS) is 16.2. The van der Waals surface area contributed by atoms with E-state index in [9.17, 15) is 19.7 Å². The Bertz CT molecular complexity index is 912. The molecule has 0 bridgehead atoms. The number of hydrogen-bond donors (Lipinski definition) is 1. The van der Waals surface area contributed by atoms with E-state index < -0.39 is 10.8 Å². The predicted molar refractivity (Wildman–Crippen MR) is 111 cm³/mol. The summed E-state index contributed by atoms with van der Waals surface area (Å²) in [6.45, 7) is 3.70. The molecule has 1 unspecified atom stereocenters. The highest BCUT2D eigenvalue weighted by atomic mass is 16.6. The maximum Gasteiger partial charge on any atom is 0.293 e. The quantitative estimate of drug-likeness (QED) is 0.551. The number of amides is 2. The minimum atomic E-state index is -0.457. The molecule has 2 amide bonds. The van der Waals surface area contributed by atoms with E-state index in [1.165, 1.54) is 24.3 Å². The molecule has 9 heteroatoms. The fourth-order valence-electron chi connectivity index (χ4n) is 3.64. The fourth-order valence-corrected chi connectivity index (χ4v) is 3.64. The van der Waals surface area contributed by atoms with Gasteiger partial charge in [0.2, 0.25) is 5.91 Å². The van der Waals surface area contributed by atoms with Crippen LogP contribution in [0.15, 0.2) is 41.0 Å². The summed E-state index contributed by atoms with van der Waals surface area (Å²) in [6, 6.07) is 7.97. The SMILES string of the molecule is CC1CCCN(c2ccc(C(=O)N(C)CC(=O)NCc3ccco3)cc2[N+](=O)[O-])C1. The summed E-state index contributed by atoms with van der Waals surface area (Å²) >= 11 is 0. The molecule has 1 aromatic heterocycles. The summed E-state index contributed by atoms with van der Waals surface area (Å²) in [4.78, 5) is 39.2. The third-order valence-corrected chi connectivity index (χ3v) is 5.18. The number of nitro groups is 1. The molecule has 1 atom stereocenters. The third-order valence-electron chi connectivity index (χ3n) is 5.18. The summed E-state index contributed by atoms with van der Waals surface area (Å²) in [6.07, 6.45) is 3.60. The van der Waals surface area contributed by atoms with Crippen LogP contribution in [0.3, 0.4) is 0 Å². The van der Waals surface area contributed by atoms with Gasteiger partial charge in [-0.05, 0) is 43.0 Å². The molecule has 9 nitrogen and oxygen atoms in total. The first-order valence-corrected chi connectivity index (χ1v) is 9.93. The number of benzene rings is 1. The molecule has 0 radical (unpaired) electrons. The first kappa shape index (κ1) is 21.4. The second kappa shape index (κ2) is 9.43. The highest BCUT2D eigenvalue weighted by molar-refractivity contribution is 5.97. The highest BCUT2D eigenvalue weighted by Gasteiger charge is 2.26. The van der Waals surface area contributed by atoms with Crippen molar-refractivity contribution in [1.82, 2.24) is 10.2 Å². The lowest BCUT2D eigenvalue weighted by molar-refractivity contribution is -0.384. The van der Waals surface area contributed by atoms with E-state index in [0.29, 0.717) is 17.4 Å². The van der Waals surface area contributed by atoms with Crippen molar-refractivity contribution in [1.29, 1.82) is 0 Å². The van der Waals surface area contributed by atoms with Crippen LogP contribution in [0.4, 0.5) is 11.4 Å². The lowest BCUT2D eigenvalue weighted by Gasteiger charge is -2.32. The van der Waals surface area contributed by atoms with E-state index in [1.807, 2.05) is 4.90 Å². The molecule has 1 aromatic carbocycles. The maximum absolute atomic E-state index is 12.7. The largest absolute Gasteiger partial charge is 0.467 e. The van der Waals surface area contributed by atoms with Crippen molar-refractivity contribution in [2.45, 2.75) is 26.3 Å². The Kier molecular flexibility index (Phi) is 6.71. The van der Waals surface area contributed by atoms with Gasteiger partial charge in [0.25, 0.3) is 11.6 Å². The van der Waals surface area contributed by atoms with Crippen LogP contribution in [0.2, 0.25) is 0 Å². The first-order valence-electron chi connectivity index (χ1n) is 9.93. The Morgan fingerprint density at radius 2 is 2.17 bits per heavy atom. The van der Waals surface area contributed by atoms with Gasteiger partial charge in [0.1, 0.15) is 11.4 Å². The summed E-state index contributed by atoms with van der Waals surface area (Å²) in [5.41, 5.74) is 0.615. The molecule has 2 heterocycles. The van der Waals surface area contributed by atoms with E-state index in [0.717, 1.165) is 25.9 Å². The molecular weight excluding hydrogens is 388 g/mol. The van der Waals surface area contributed by atoms with Gasteiger partial charge >= 0.3 is 0 Å². The fraction of sp³-hybridized carbons (Fsp3) is 0.429. The number of carbonyl (C=O) groups is 2. The number of carbonyl (C=O) groups excluding carboxylic acids is 2. The van der Waals surface area contributed by atoms with Gasteiger partial charge in [0, 0.05) is 31.8 Å². The number of nitrogens with zero attached hydrogens (tertiary/aromatic N) is 3. The molecule has 1 aliphatic heterocycles. The zero-order chi connectivity index (χ0) is 21.7. The maximum atomic E-state index is 12.7. The van der Waals surface area contributed by atoms with Gasteiger partial charge in [-0.15, -0.1) is 0 Å². The van der Waals surface area contributed by atoms with E-state index in [1.54, 1.807) is 24.3 Å². The molecule has 30 heavy (non-hydrogen) atoms. The smallest absolute Gasteiger partial charge is 0.293 e. The zero-order valence-corrected chi connectivity index (χ0v) is 17.2. The monoisotopic (exact) mass is 414 g/mol. The van der Waals surface area contributed by atoms with E-state index in [-0.39, 0.29) is 30.2 Å². The van der Waals surface area contributed by atoms with Crippen LogP contribution in [0.1, 0.15) is 35.9 Å². The number of furan rings is 1. The Morgan fingerprint density at radius 3 is 2.83 bits per heavy atom. The molecule has 0 spiro atoms. The van der Waals surface area contributed by atoms with Crippen LogP contribution < -0.4 is 10.2 Å². The average molecular weight is 414 g/mol. The van der Waals surface area contributed by atoms with Crippen molar-refractivity contribution < 1.29 is 18.9 Å². The van der Waals surface area contributed by atoms with Gasteiger partial charge in [-0.2, -0.15) is 0 Å². The second-order valence-electron chi connectivity index (χ2n) is 7.67. The van der Waals surface area contributed by atoms with Gasteiger partial charge in [0.15, 0.2) is 0 Å². The number of rotatable bonds is 7. The molecule has 1 saturated heterocycles. The molecule has 1 aliphatic rings. The minimum absolute atomic E-state index is 0.0920. The van der Waals surface area contributed by atoms with E-state index in [2.05, 4.69) is 12.2 Å². The van der Waals surface area contributed by atoms with Gasteiger partial charge in [0.05, 0.1) is 24.3 Å². The molecular formula is C21H26N4O5. The Morgan fingerprint density at radius 1 is 1.37 bits per heavy atom. The van der Waals surface area contributed by atoms with Crippen LogP contribution in [0.5, 0.6) is 0 Å². The molecule has 160 valence electrons. The van der Waals surface area contributed by atoms with Crippen LogP contribution in [-0.2, 0) is 11.3 Å². The van der Waals surface area contributed by atoms with Crippen molar-refractivity contribution in [3.63, 3.8) is 0 Å². The lowest BCUT2D eigenvalue weighted by Crippen LogP contribution is -2.38. The predicted octanol–water partition coefficient (Wildman–Crippen LogP) is 2.81. The zero-order valence-electron chi connectivity index (χ0n) is 17.2. The molecule has 0 saturated carbocycles. The molecule has 1 fully saturated rings. The highest BCUT2D eigenvalue weighted by Crippen LogP contribution is 2.32. The number of hydrogen-bond acceptors (Lipinski definition) is 6. The average Bonchev–Trinajstić information content (AvgIpc) is 3.25. The summed E-state index contributed by atoms with van der Waals surface area (Å²) < 4.78 is 5.15. The summed E-state index contributed by atoms with van der Waals surface area (Å²) in [7, 11) is 1.49. The number of anilines is 1. The van der Waals surface area contributed by atoms with E-state index >= 15 is 0 Å². The number of nitrogens with one attached hydrogen (secondary N) is 1. The number of nitro benzene ring substituents is 1. The first-order chi connectivity index (χ1) is 14.3. The molecule has 2 aromatic rings. The van der Waals surface area contributed by atoms with E-state index in [4.69, 9.17) is 4.42 Å². The summed E-state index contributed by atoms with van der Waals surface area (Å²) in [5.74, 6) is 0.265. The lowest BCUT2D eigenvalue weighted by atomic mass is 9.99. The van der Waals surface area contributed by atoms with Crippen molar-refractivity contribution in [2.24, 2.45) is 5.92 Å².